The summed E-state index contributed by atoms with van der Waals surface area (Å²) in [5, 5.41) is 0. The summed E-state index contributed by atoms with van der Waals surface area (Å²) in [5.74, 6) is 0.588. The third-order valence-electron chi connectivity index (χ3n) is 4.04. The summed E-state index contributed by atoms with van der Waals surface area (Å²) in [4.78, 5) is 11.3. The molecule has 0 amide bonds. The van der Waals surface area contributed by atoms with Crippen LogP contribution in [0.1, 0.15) is 25.7 Å². The average Bonchev–Trinajstić information content (AvgIpc) is 2.81. The quantitative estimate of drug-likeness (QED) is 0.526. The van der Waals surface area contributed by atoms with Gasteiger partial charge in [0.2, 0.25) is 0 Å². The Morgan fingerprint density at radius 2 is 2.29 bits per heavy atom. The molecule has 0 N–H and O–H groups in total. The van der Waals surface area contributed by atoms with Gasteiger partial charge in [-0.25, -0.2) is 0 Å². The van der Waals surface area contributed by atoms with Gasteiger partial charge in [-0.05, 0) is 18.8 Å². The van der Waals surface area contributed by atoms with Gasteiger partial charge >= 0.3 is 5.97 Å². The van der Waals surface area contributed by atoms with Crippen LogP contribution in [0.3, 0.4) is 0 Å². The van der Waals surface area contributed by atoms with E-state index in [0.29, 0.717) is 18.3 Å². The zero-order valence-corrected chi connectivity index (χ0v) is 10.4. The number of ether oxygens (including phenoxy) is 3. The molecule has 1 aliphatic heterocycles. The Kier molecular flexibility index (Phi) is 4.10. The molecule has 94 valence electrons. The van der Waals surface area contributed by atoms with Crippen LogP contribution < -0.4 is 0 Å². The largest absolute Gasteiger partial charge is 0.462 e. The summed E-state index contributed by atoms with van der Waals surface area (Å²) in [6.45, 7) is 0. The SMILES string of the molecule is [B]C(CC[C@@H]1[C@H]2CC(=O)O[C@H]2C[C@H]1OC)OC. The Bertz CT molecular complexity index is 284. The average molecular weight is 238 g/mol. The van der Waals surface area contributed by atoms with E-state index in [1.54, 1.807) is 14.2 Å². The van der Waals surface area contributed by atoms with Crippen LogP contribution in [0.5, 0.6) is 0 Å². The van der Waals surface area contributed by atoms with Gasteiger partial charge in [0.25, 0.3) is 0 Å². The van der Waals surface area contributed by atoms with Crippen molar-refractivity contribution in [2.75, 3.05) is 14.2 Å². The molecule has 17 heavy (non-hydrogen) atoms. The Balaban J connectivity index is 1.94. The molecular weight excluding hydrogens is 219 g/mol. The van der Waals surface area contributed by atoms with E-state index in [1.165, 1.54) is 0 Å². The first-order valence-electron chi connectivity index (χ1n) is 6.16. The minimum absolute atomic E-state index is 0.0521. The van der Waals surface area contributed by atoms with E-state index in [9.17, 15) is 4.79 Å². The Hall–Kier alpha value is -0.545. The molecule has 1 unspecified atom stereocenters. The van der Waals surface area contributed by atoms with Crippen LogP contribution in [-0.2, 0) is 19.0 Å². The second kappa shape index (κ2) is 5.40. The van der Waals surface area contributed by atoms with Crippen molar-refractivity contribution < 1.29 is 19.0 Å². The van der Waals surface area contributed by atoms with Crippen molar-refractivity contribution in [3.63, 3.8) is 0 Å². The molecule has 2 rings (SSSR count). The fourth-order valence-corrected chi connectivity index (χ4v) is 3.10. The smallest absolute Gasteiger partial charge is 0.306 e. The summed E-state index contributed by atoms with van der Waals surface area (Å²) in [6, 6.07) is -0.232. The number of fused-ring (bicyclic) bond motifs is 1. The van der Waals surface area contributed by atoms with Gasteiger partial charge in [-0.15, -0.1) is 0 Å². The molecule has 0 spiro atoms. The maximum absolute atomic E-state index is 11.3. The number of methoxy groups -OCH3 is 2. The molecule has 0 bridgehead atoms. The van der Waals surface area contributed by atoms with Gasteiger partial charge < -0.3 is 14.2 Å². The van der Waals surface area contributed by atoms with Gasteiger partial charge in [0.15, 0.2) is 0 Å². The van der Waals surface area contributed by atoms with Gasteiger partial charge in [-0.3, -0.25) is 4.79 Å². The Morgan fingerprint density at radius 1 is 1.53 bits per heavy atom. The predicted octanol–water partition coefficient (Wildman–Crippen LogP) is 0.874. The summed E-state index contributed by atoms with van der Waals surface area (Å²) < 4.78 is 15.8. The zero-order valence-electron chi connectivity index (χ0n) is 10.4. The number of rotatable bonds is 5. The van der Waals surface area contributed by atoms with Crippen molar-refractivity contribution in [3.8, 4) is 0 Å². The first kappa shape index (κ1) is 12.9. The molecule has 0 aromatic carbocycles. The highest BCUT2D eigenvalue weighted by molar-refractivity contribution is 6.10. The van der Waals surface area contributed by atoms with Crippen LogP contribution in [0.25, 0.3) is 0 Å². The normalized spacial score (nSPS) is 37.9. The van der Waals surface area contributed by atoms with E-state index in [-0.39, 0.29) is 24.2 Å². The summed E-state index contributed by atoms with van der Waals surface area (Å²) in [7, 11) is 9.07. The Morgan fingerprint density at radius 3 is 2.94 bits per heavy atom. The van der Waals surface area contributed by atoms with Gasteiger partial charge in [0.1, 0.15) is 14.0 Å². The van der Waals surface area contributed by atoms with Gasteiger partial charge in [0, 0.05) is 32.6 Å². The molecule has 4 nitrogen and oxygen atoms in total. The number of carbonyl (C=O) groups is 1. The summed E-state index contributed by atoms with van der Waals surface area (Å²) in [5.41, 5.74) is 0. The fraction of sp³-hybridized carbons (Fsp3) is 0.917. The molecule has 5 atom stereocenters. The van der Waals surface area contributed by atoms with Crippen LogP contribution in [0.4, 0.5) is 0 Å². The molecule has 0 aromatic heterocycles. The van der Waals surface area contributed by atoms with E-state index in [0.717, 1.165) is 19.3 Å². The van der Waals surface area contributed by atoms with Gasteiger partial charge in [0.05, 0.1) is 12.5 Å². The number of hydrogen-bond donors (Lipinski definition) is 0. The number of hydrogen-bond acceptors (Lipinski definition) is 4. The third kappa shape index (κ3) is 2.66. The number of carbonyl (C=O) groups excluding carboxylic acids is 1. The highest BCUT2D eigenvalue weighted by Gasteiger charge is 2.49. The number of esters is 1. The van der Waals surface area contributed by atoms with Crippen molar-refractivity contribution in [2.24, 2.45) is 11.8 Å². The molecule has 2 fully saturated rings. The standard InChI is InChI=1S/C12H19BO4/c1-15-9-6-10-8(5-12(14)17-10)7(9)3-4-11(13)16-2/h7-11H,3-6H2,1-2H3/t7-,8-,9-,10+,11?/m1/s1. The molecule has 0 aromatic rings. The van der Waals surface area contributed by atoms with Crippen LogP contribution in [0, 0.1) is 11.8 Å². The monoisotopic (exact) mass is 238 g/mol. The van der Waals surface area contributed by atoms with Crippen molar-refractivity contribution in [2.45, 2.75) is 43.9 Å². The lowest BCUT2D eigenvalue weighted by Gasteiger charge is -2.23. The molecule has 2 aliphatic rings. The van der Waals surface area contributed by atoms with Crippen molar-refractivity contribution >= 4 is 13.8 Å². The fourth-order valence-electron chi connectivity index (χ4n) is 3.10. The summed E-state index contributed by atoms with van der Waals surface area (Å²) in [6.07, 6.45) is 3.29. The zero-order chi connectivity index (χ0) is 12.4. The van der Waals surface area contributed by atoms with E-state index < -0.39 is 0 Å². The molecular formula is C12H19BO4. The lowest BCUT2D eigenvalue weighted by atomic mass is 9.84. The minimum atomic E-state index is -0.232. The molecule has 5 heteroatoms. The van der Waals surface area contributed by atoms with Crippen LogP contribution >= 0.6 is 0 Å². The topological polar surface area (TPSA) is 44.8 Å². The second-order valence-electron chi connectivity index (χ2n) is 4.92. The molecule has 1 saturated carbocycles. The van der Waals surface area contributed by atoms with E-state index in [2.05, 4.69) is 0 Å². The first-order valence-corrected chi connectivity index (χ1v) is 6.16. The summed E-state index contributed by atoms with van der Waals surface area (Å²) >= 11 is 0. The highest BCUT2D eigenvalue weighted by Crippen LogP contribution is 2.44. The van der Waals surface area contributed by atoms with E-state index in [1.807, 2.05) is 0 Å². The third-order valence-corrected chi connectivity index (χ3v) is 4.04. The molecule has 1 heterocycles. The lowest BCUT2D eigenvalue weighted by Crippen LogP contribution is -2.24. The first-order chi connectivity index (χ1) is 8.15. The molecule has 2 radical (unpaired) electrons. The van der Waals surface area contributed by atoms with E-state index in [4.69, 9.17) is 22.1 Å². The maximum atomic E-state index is 11.3. The van der Waals surface area contributed by atoms with Crippen molar-refractivity contribution in [1.29, 1.82) is 0 Å². The molecule has 1 saturated heterocycles. The lowest BCUT2D eigenvalue weighted by molar-refractivity contribution is -0.142. The maximum Gasteiger partial charge on any atom is 0.306 e. The van der Waals surface area contributed by atoms with Crippen LogP contribution in [0.15, 0.2) is 0 Å². The van der Waals surface area contributed by atoms with Crippen molar-refractivity contribution in [1.82, 2.24) is 0 Å². The van der Waals surface area contributed by atoms with Gasteiger partial charge in [-0.2, -0.15) is 0 Å². The molecule has 1 aliphatic carbocycles. The van der Waals surface area contributed by atoms with E-state index >= 15 is 0 Å². The minimum Gasteiger partial charge on any atom is -0.462 e. The highest BCUT2D eigenvalue weighted by atomic mass is 16.6. The van der Waals surface area contributed by atoms with Crippen molar-refractivity contribution in [3.05, 3.63) is 0 Å². The second-order valence-corrected chi connectivity index (χ2v) is 4.92. The van der Waals surface area contributed by atoms with Crippen LogP contribution in [0.2, 0.25) is 0 Å². The Labute approximate surface area is 103 Å². The predicted molar refractivity (Wildman–Crippen MR) is 62.7 cm³/mol. The van der Waals surface area contributed by atoms with Crippen LogP contribution in [-0.4, -0.2) is 46.2 Å². The van der Waals surface area contributed by atoms with Gasteiger partial charge in [-0.1, -0.05) is 0 Å².